The fourth-order valence-electron chi connectivity index (χ4n) is 2.80. The zero-order valence-electron chi connectivity index (χ0n) is 12.2. The van der Waals surface area contributed by atoms with E-state index in [0.29, 0.717) is 19.5 Å². The molecule has 3 atom stereocenters. The lowest BCUT2D eigenvalue weighted by Crippen LogP contribution is -2.49. The molecule has 0 saturated heterocycles. The summed E-state index contributed by atoms with van der Waals surface area (Å²) in [5.41, 5.74) is 0. The highest BCUT2D eigenvalue weighted by Crippen LogP contribution is 2.24. The molecule has 1 fully saturated rings. The van der Waals surface area contributed by atoms with Crippen LogP contribution in [0, 0.1) is 5.92 Å². The molecule has 0 spiro atoms. The van der Waals surface area contributed by atoms with Gasteiger partial charge >= 0.3 is 5.97 Å². The molecule has 1 saturated carbocycles. The molecule has 3 unspecified atom stereocenters. The van der Waals surface area contributed by atoms with Gasteiger partial charge in [0.1, 0.15) is 0 Å². The van der Waals surface area contributed by atoms with Gasteiger partial charge in [-0.1, -0.05) is 6.42 Å². The lowest BCUT2D eigenvalue weighted by molar-refractivity contribution is -0.143. The number of carbonyl (C=O) groups is 2. The second-order valence-corrected chi connectivity index (χ2v) is 5.30. The molecule has 1 aliphatic rings. The smallest absolute Gasteiger partial charge is 0.306 e. The van der Waals surface area contributed by atoms with Crippen LogP contribution in [0.4, 0.5) is 0 Å². The number of hydrogen-bond acceptors (Lipinski definition) is 3. The van der Waals surface area contributed by atoms with Crippen molar-refractivity contribution in [2.24, 2.45) is 5.92 Å². The summed E-state index contributed by atoms with van der Waals surface area (Å²) in [4.78, 5) is 25.0. The van der Waals surface area contributed by atoms with Gasteiger partial charge < -0.3 is 15.3 Å². The summed E-state index contributed by atoms with van der Waals surface area (Å²) in [5.74, 6) is -0.876. The highest BCUT2D eigenvalue weighted by atomic mass is 16.4. The lowest BCUT2D eigenvalue weighted by atomic mass is 9.85. The Balaban J connectivity index is 2.49. The van der Waals surface area contributed by atoms with Gasteiger partial charge in [0.25, 0.3) is 0 Å². The molecule has 19 heavy (non-hydrogen) atoms. The SMILES string of the molecule is CCN(CC)C(=O)C(C)NC1CCCC(C(=O)O)C1. The summed E-state index contributed by atoms with van der Waals surface area (Å²) < 4.78 is 0. The monoisotopic (exact) mass is 270 g/mol. The number of aliphatic carboxylic acids is 1. The molecule has 0 radical (unpaired) electrons. The molecule has 110 valence electrons. The van der Waals surface area contributed by atoms with Gasteiger partial charge in [0.05, 0.1) is 12.0 Å². The normalized spacial score (nSPS) is 24.8. The molecule has 1 rings (SSSR count). The number of hydrogen-bond donors (Lipinski definition) is 2. The van der Waals surface area contributed by atoms with E-state index in [1.54, 1.807) is 4.90 Å². The van der Waals surface area contributed by atoms with Crippen LogP contribution in [0.3, 0.4) is 0 Å². The van der Waals surface area contributed by atoms with E-state index < -0.39 is 5.97 Å². The first-order valence-electron chi connectivity index (χ1n) is 7.27. The zero-order chi connectivity index (χ0) is 14.4. The predicted molar refractivity (Wildman–Crippen MR) is 73.9 cm³/mol. The standard InChI is InChI=1S/C14H26N2O3/c1-4-16(5-2)13(17)10(3)15-12-8-6-7-11(9-12)14(18)19/h10-12,15H,4-9H2,1-3H3,(H,18,19). The van der Waals surface area contributed by atoms with Gasteiger partial charge in [0.15, 0.2) is 0 Å². The molecule has 1 aliphatic carbocycles. The second-order valence-electron chi connectivity index (χ2n) is 5.30. The van der Waals surface area contributed by atoms with Crippen LogP contribution in [-0.2, 0) is 9.59 Å². The number of likely N-dealkylation sites (N-methyl/N-ethyl adjacent to an activating group) is 1. The molecule has 2 N–H and O–H groups in total. The number of rotatable bonds is 6. The maximum atomic E-state index is 12.1. The maximum Gasteiger partial charge on any atom is 0.306 e. The topological polar surface area (TPSA) is 69.6 Å². The largest absolute Gasteiger partial charge is 0.481 e. The van der Waals surface area contributed by atoms with Crippen molar-refractivity contribution in [1.29, 1.82) is 0 Å². The summed E-state index contributed by atoms with van der Waals surface area (Å²) in [5, 5.41) is 12.4. The van der Waals surface area contributed by atoms with Crippen molar-refractivity contribution in [3.05, 3.63) is 0 Å². The van der Waals surface area contributed by atoms with E-state index in [-0.39, 0.29) is 23.9 Å². The van der Waals surface area contributed by atoms with Gasteiger partial charge in [0.2, 0.25) is 5.91 Å². The zero-order valence-corrected chi connectivity index (χ0v) is 12.2. The fourth-order valence-corrected chi connectivity index (χ4v) is 2.80. The Bertz CT molecular complexity index is 316. The molecular formula is C14H26N2O3. The van der Waals surface area contributed by atoms with Crippen molar-refractivity contribution in [1.82, 2.24) is 10.2 Å². The number of nitrogens with zero attached hydrogens (tertiary/aromatic N) is 1. The molecule has 0 aromatic carbocycles. The fraction of sp³-hybridized carbons (Fsp3) is 0.857. The van der Waals surface area contributed by atoms with E-state index in [0.717, 1.165) is 19.3 Å². The van der Waals surface area contributed by atoms with Gasteiger partial charge in [-0.25, -0.2) is 0 Å². The number of nitrogens with one attached hydrogen (secondary N) is 1. The van der Waals surface area contributed by atoms with Gasteiger partial charge in [-0.2, -0.15) is 0 Å². The Kier molecular flexibility index (Phi) is 6.28. The Labute approximate surface area is 115 Å². The summed E-state index contributed by atoms with van der Waals surface area (Å²) in [6, 6.07) is -0.0955. The van der Waals surface area contributed by atoms with E-state index in [2.05, 4.69) is 5.32 Å². The Hall–Kier alpha value is -1.10. The highest BCUT2D eigenvalue weighted by Gasteiger charge is 2.29. The Morgan fingerprint density at radius 1 is 1.32 bits per heavy atom. The summed E-state index contributed by atoms with van der Waals surface area (Å²) >= 11 is 0. The highest BCUT2D eigenvalue weighted by molar-refractivity contribution is 5.81. The van der Waals surface area contributed by atoms with Crippen LogP contribution in [0.5, 0.6) is 0 Å². The minimum atomic E-state index is -0.714. The number of carbonyl (C=O) groups excluding carboxylic acids is 1. The van der Waals surface area contributed by atoms with Crippen LogP contribution in [-0.4, -0.2) is 47.1 Å². The first-order chi connectivity index (χ1) is 8.99. The Morgan fingerprint density at radius 3 is 2.47 bits per heavy atom. The van der Waals surface area contributed by atoms with Crippen LogP contribution in [0.15, 0.2) is 0 Å². The molecule has 5 nitrogen and oxygen atoms in total. The molecular weight excluding hydrogens is 244 g/mol. The van der Waals surface area contributed by atoms with Crippen molar-refractivity contribution < 1.29 is 14.7 Å². The quantitative estimate of drug-likeness (QED) is 0.767. The average molecular weight is 270 g/mol. The second kappa shape index (κ2) is 7.48. The van der Waals surface area contributed by atoms with Gasteiger partial charge in [-0.15, -0.1) is 0 Å². The third-order valence-electron chi connectivity index (χ3n) is 3.95. The van der Waals surface area contributed by atoms with Gasteiger partial charge in [-0.3, -0.25) is 9.59 Å². The minimum Gasteiger partial charge on any atom is -0.481 e. The van der Waals surface area contributed by atoms with Crippen molar-refractivity contribution >= 4 is 11.9 Å². The third kappa shape index (κ3) is 4.49. The van der Waals surface area contributed by atoms with E-state index in [1.165, 1.54) is 0 Å². The lowest BCUT2D eigenvalue weighted by Gasteiger charge is -2.31. The third-order valence-corrected chi connectivity index (χ3v) is 3.95. The molecule has 0 aromatic heterocycles. The average Bonchev–Trinajstić information content (AvgIpc) is 2.40. The molecule has 0 aromatic rings. The van der Waals surface area contributed by atoms with Crippen LogP contribution in [0.25, 0.3) is 0 Å². The molecule has 1 amide bonds. The van der Waals surface area contributed by atoms with Crippen molar-refractivity contribution in [3.8, 4) is 0 Å². The van der Waals surface area contributed by atoms with Gasteiger partial charge in [0, 0.05) is 19.1 Å². The first-order valence-corrected chi connectivity index (χ1v) is 7.27. The van der Waals surface area contributed by atoms with E-state index in [4.69, 9.17) is 5.11 Å². The van der Waals surface area contributed by atoms with Crippen LogP contribution < -0.4 is 5.32 Å². The molecule has 0 heterocycles. The summed E-state index contributed by atoms with van der Waals surface area (Å²) in [6.07, 6.45) is 3.26. The van der Waals surface area contributed by atoms with Crippen molar-refractivity contribution in [2.75, 3.05) is 13.1 Å². The van der Waals surface area contributed by atoms with Gasteiger partial charge in [-0.05, 0) is 40.0 Å². The molecule has 0 aliphatic heterocycles. The van der Waals surface area contributed by atoms with Crippen molar-refractivity contribution in [3.63, 3.8) is 0 Å². The number of carboxylic acids is 1. The van der Waals surface area contributed by atoms with E-state index in [9.17, 15) is 9.59 Å². The number of carboxylic acid groups (broad SMARTS) is 1. The summed E-state index contributed by atoms with van der Waals surface area (Å²) in [7, 11) is 0. The predicted octanol–water partition coefficient (Wildman–Crippen LogP) is 1.48. The molecule has 0 bridgehead atoms. The van der Waals surface area contributed by atoms with E-state index in [1.807, 2.05) is 20.8 Å². The van der Waals surface area contributed by atoms with Crippen LogP contribution in [0.1, 0.15) is 46.5 Å². The van der Waals surface area contributed by atoms with Crippen molar-refractivity contribution in [2.45, 2.75) is 58.5 Å². The maximum absolute atomic E-state index is 12.1. The number of amides is 1. The minimum absolute atomic E-state index is 0.0995. The van der Waals surface area contributed by atoms with E-state index >= 15 is 0 Å². The first kappa shape index (κ1) is 16.0. The van der Waals surface area contributed by atoms with Crippen LogP contribution in [0.2, 0.25) is 0 Å². The molecule has 5 heteroatoms. The summed E-state index contributed by atoms with van der Waals surface area (Å²) in [6.45, 7) is 7.23. The van der Waals surface area contributed by atoms with Crippen LogP contribution >= 0.6 is 0 Å². The Morgan fingerprint density at radius 2 is 1.95 bits per heavy atom.